The number of pyridine rings is 1. The number of nitrogens with zero attached hydrogens (tertiary/aromatic N) is 5. The van der Waals surface area contributed by atoms with Gasteiger partial charge in [-0.1, -0.05) is 11.3 Å². The van der Waals surface area contributed by atoms with Crippen molar-refractivity contribution in [2.24, 2.45) is 0 Å². The number of nitrogen functional groups attached to an aromatic ring is 1. The van der Waals surface area contributed by atoms with E-state index >= 15 is 0 Å². The van der Waals surface area contributed by atoms with E-state index in [1.54, 1.807) is 10.9 Å². The van der Waals surface area contributed by atoms with Crippen LogP contribution in [0.25, 0.3) is 5.65 Å². The van der Waals surface area contributed by atoms with Crippen LogP contribution < -0.4 is 5.73 Å². The highest BCUT2D eigenvalue weighted by atomic mass is 15.4. The number of hydrogen-bond donors (Lipinski definition) is 1. The van der Waals surface area contributed by atoms with Crippen molar-refractivity contribution in [1.82, 2.24) is 24.4 Å². The molecule has 96 valence electrons. The molecule has 2 N–H and O–H groups in total. The molecule has 0 aliphatic heterocycles. The molecule has 3 aromatic heterocycles. The lowest BCUT2D eigenvalue weighted by Gasteiger charge is -1.98. The number of imidazole rings is 1. The summed E-state index contributed by atoms with van der Waals surface area (Å²) in [5.41, 5.74) is 8.87. The summed E-state index contributed by atoms with van der Waals surface area (Å²) in [4.78, 5) is 4.57. The Morgan fingerprint density at radius 1 is 1.21 bits per heavy atom. The van der Waals surface area contributed by atoms with E-state index in [0.29, 0.717) is 12.4 Å². The Morgan fingerprint density at radius 2 is 2.11 bits per heavy atom. The fourth-order valence-corrected chi connectivity index (χ4v) is 2.35. The van der Waals surface area contributed by atoms with Crippen molar-refractivity contribution in [1.29, 1.82) is 0 Å². The SMILES string of the molecule is Nc1cn(Cc2cn3cc(C4CC4)ccc3n2)nn1. The van der Waals surface area contributed by atoms with Crippen LogP contribution in [0, 0.1) is 0 Å². The molecule has 1 aliphatic rings. The molecule has 19 heavy (non-hydrogen) atoms. The lowest BCUT2D eigenvalue weighted by molar-refractivity contribution is 0.641. The van der Waals surface area contributed by atoms with Gasteiger partial charge in [-0.15, -0.1) is 5.10 Å². The first kappa shape index (κ1) is 10.5. The predicted molar refractivity (Wildman–Crippen MR) is 70.7 cm³/mol. The summed E-state index contributed by atoms with van der Waals surface area (Å²) < 4.78 is 3.78. The van der Waals surface area contributed by atoms with Crippen molar-refractivity contribution in [3.05, 3.63) is 42.0 Å². The molecule has 0 unspecified atom stereocenters. The maximum Gasteiger partial charge on any atom is 0.165 e. The van der Waals surface area contributed by atoms with Gasteiger partial charge in [0.15, 0.2) is 5.82 Å². The van der Waals surface area contributed by atoms with Gasteiger partial charge in [-0.2, -0.15) is 0 Å². The van der Waals surface area contributed by atoms with Gasteiger partial charge in [0.25, 0.3) is 0 Å². The average Bonchev–Trinajstić information content (AvgIpc) is 3.05. The maximum atomic E-state index is 5.55. The summed E-state index contributed by atoms with van der Waals surface area (Å²) in [7, 11) is 0. The van der Waals surface area contributed by atoms with E-state index in [-0.39, 0.29) is 0 Å². The zero-order valence-electron chi connectivity index (χ0n) is 10.4. The number of fused-ring (bicyclic) bond motifs is 1. The second-order valence-electron chi connectivity index (χ2n) is 5.08. The van der Waals surface area contributed by atoms with Crippen LogP contribution in [0.4, 0.5) is 5.82 Å². The van der Waals surface area contributed by atoms with E-state index in [1.807, 2.05) is 6.20 Å². The normalized spacial score (nSPS) is 15.2. The number of nitrogens with two attached hydrogens (primary N) is 1. The lowest BCUT2D eigenvalue weighted by atomic mass is 10.2. The Hall–Kier alpha value is -2.37. The Morgan fingerprint density at radius 3 is 2.84 bits per heavy atom. The molecule has 0 bridgehead atoms. The zero-order valence-corrected chi connectivity index (χ0v) is 10.4. The summed E-state index contributed by atoms with van der Waals surface area (Å²) >= 11 is 0. The van der Waals surface area contributed by atoms with E-state index < -0.39 is 0 Å². The highest BCUT2D eigenvalue weighted by molar-refractivity contribution is 5.42. The quantitative estimate of drug-likeness (QED) is 0.767. The zero-order chi connectivity index (χ0) is 12.8. The minimum absolute atomic E-state index is 0.430. The molecule has 3 heterocycles. The molecule has 6 heteroatoms. The van der Waals surface area contributed by atoms with Gasteiger partial charge in [-0.05, 0) is 30.4 Å². The standard InChI is InChI=1S/C13H14N6/c14-12-8-19(17-16-12)7-11-6-18-5-10(9-1-2-9)3-4-13(18)15-11/h3-6,8-9H,1-2,7,14H2. The summed E-state index contributed by atoms with van der Waals surface area (Å²) in [6, 6.07) is 4.25. The molecule has 3 aromatic rings. The monoisotopic (exact) mass is 254 g/mol. The van der Waals surface area contributed by atoms with E-state index in [1.165, 1.54) is 18.4 Å². The summed E-state index contributed by atoms with van der Waals surface area (Å²) in [5, 5.41) is 7.70. The Kier molecular flexibility index (Phi) is 2.11. The van der Waals surface area contributed by atoms with Crippen LogP contribution in [-0.4, -0.2) is 24.4 Å². The van der Waals surface area contributed by atoms with Crippen molar-refractivity contribution in [3.8, 4) is 0 Å². The van der Waals surface area contributed by atoms with Crippen LogP contribution in [0.3, 0.4) is 0 Å². The van der Waals surface area contributed by atoms with Gasteiger partial charge in [-0.25, -0.2) is 9.67 Å². The molecule has 1 saturated carbocycles. The molecule has 1 fully saturated rings. The van der Waals surface area contributed by atoms with Crippen LogP contribution in [-0.2, 0) is 6.54 Å². The van der Waals surface area contributed by atoms with Gasteiger partial charge >= 0.3 is 0 Å². The van der Waals surface area contributed by atoms with Crippen LogP contribution in [0.15, 0.2) is 30.7 Å². The van der Waals surface area contributed by atoms with Crippen molar-refractivity contribution in [2.45, 2.75) is 25.3 Å². The van der Waals surface area contributed by atoms with E-state index in [4.69, 9.17) is 5.73 Å². The van der Waals surface area contributed by atoms with E-state index in [2.05, 4.69) is 38.0 Å². The molecule has 0 radical (unpaired) electrons. The van der Waals surface area contributed by atoms with E-state index in [0.717, 1.165) is 17.3 Å². The van der Waals surface area contributed by atoms with Gasteiger partial charge in [0.05, 0.1) is 18.4 Å². The molecule has 0 aromatic carbocycles. The van der Waals surface area contributed by atoms with Crippen molar-refractivity contribution < 1.29 is 0 Å². The first-order valence-corrected chi connectivity index (χ1v) is 6.41. The molecule has 0 spiro atoms. The number of aromatic nitrogens is 5. The predicted octanol–water partition coefficient (Wildman–Crippen LogP) is 1.43. The van der Waals surface area contributed by atoms with Crippen molar-refractivity contribution in [2.75, 3.05) is 5.73 Å². The molecular formula is C13H14N6. The Balaban J connectivity index is 1.67. The first-order valence-electron chi connectivity index (χ1n) is 6.41. The molecule has 0 amide bonds. The lowest BCUT2D eigenvalue weighted by Crippen LogP contribution is -2.00. The third-order valence-electron chi connectivity index (χ3n) is 3.45. The smallest absolute Gasteiger partial charge is 0.165 e. The molecule has 6 nitrogen and oxygen atoms in total. The largest absolute Gasteiger partial charge is 0.381 e. The Bertz CT molecular complexity index is 737. The second kappa shape index (κ2) is 3.81. The van der Waals surface area contributed by atoms with Crippen LogP contribution >= 0.6 is 0 Å². The second-order valence-corrected chi connectivity index (χ2v) is 5.08. The number of rotatable bonds is 3. The third-order valence-corrected chi connectivity index (χ3v) is 3.45. The maximum absolute atomic E-state index is 5.55. The minimum Gasteiger partial charge on any atom is -0.381 e. The van der Waals surface area contributed by atoms with E-state index in [9.17, 15) is 0 Å². The van der Waals surface area contributed by atoms with Gasteiger partial charge in [-0.3, -0.25) is 0 Å². The summed E-state index contributed by atoms with van der Waals surface area (Å²) in [6.07, 6.45) is 8.55. The average molecular weight is 254 g/mol. The van der Waals surface area contributed by atoms with Crippen LogP contribution in [0.1, 0.15) is 30.0 Å². The summed E-state index contributed by atoms with van der Waals surface area (Å²) in [5.74, 6) is 1.19. The Labute approximate surface area is 109 Å². The highest BCUT2D eigenvalue weighted by Crippen LogP contribution is 2.39. The first-order chi connectivity index (χ1) is 9.28. The summed E-state index contributed by atoms with van der Waals surface area (Å²) in [6.45, 7) is 0.588. The number of hydrogen-bond acceptors (Lipinski definition) is 4. The minimum atomic E-state index is 0.430. The topological polar surface area (TPSA) is 74.0 Å². The molecule has 0 atom stereocenters. The molecule has 4 rings (SSSR count). The molecule has 0 saturated heterocycles. The molecule has 1 aliphatic carbocycles. The van der Waals surface area contributed by atoms with Crippen molar-refractivity contribution in [3.63, 3.8) is 0 Å². The molecular weight excluding hydrogens is 240 g/mol. The van der Waals surface area contributed by atoms with Gasteiger partial charge in [0, 0.05) is 12.4 Å². The fraction of sp³-hybridized carbons (Fsp3) is 0.308. The van der Waals surface area contributed by atoms with Gasteiger partial charge in [0.2, 0.25) is 0 Å². The van der Waals surface area contributed by atoms with Crippen molar-refractivity contribution >= 4 is 11.5 Å². The number of anilines is 1. The van der Waals surface area contributed by atoms with Gasteiger partial charge in [0.1, 0.15) is 5.65 Å². The van der Waals surface area contributed by atoms with Crippen LogP contribution in [0.2, 0.25) is 0 Å². The third kappa shape index (κ3) is 1.95. The van der Waals surface area contributed by atoms with Gasteiger partial charge < -0.3 is 10.1 Å². The van der Waals surface area contributed by atoms with Crippen LogP contribution in [0.5, 0.6) is 0 Å². The fourth-order valence-electron chi connectivity index (χ4n) is 2.35. The highest BCUT2D eigenvalue weighted by Gasteiger charge is 2.23.